The van der Waals surface area contributed by atoms with E-state index in [1.165, 1.54) is 0 Å². The molecule has 3 heterocycles. The fourth-order valence-electron chi connectivity index (χ4n) is 3.42. The van der Waals surface area contributed by atoms with Gasteiger partial charge in [-0.25, -0.2) is 0 Å². The normalized spacial score (nSPS) is 17.0. The Kier molecular flexibility index (Phi) is 5.20. The maximum absolute atomic E-state index is 12.4. The highest BCUT2D eigenvalue weighted by Crippen LogP contribution is 2.22. The Morgan fingerprint density at radius 3 is 3.11 bits per heavy atom. The lowest BCUT2D eigenvalue weighted by Crippen LogP contribution is -2.32. The lowest BCUT2D eigenvalue weighted by atomic mass is 9.96. The number of amides is 1. The third-order valence-electron chi connectivity index (χ3n) is 4.78. The molecule has 0 radical (unpaired) electrons. The van der Waals surface area contributed by atoms with Gasteiger partial charge in [-0.3, -0.25) is 9.48 Å². The van der Waals surface area contributed by atoms with E-state index in [2.05, 4.69) is 36.4 Å². The van der Waals surface area contributed by atoms with Gasteiger partial charge in [0.25, 0.3) is 0 Å². The Morgan fingerprint density at radius 2 is 2.30 bits per heavy atom. The number of rotatable bonds is 6. The molecule has 1 saturated heterocycles. The van der Waals surface area contributed by atoms with Crippen molar-refractivity contribution in [3.05, 3.63) is 47.8 Å². The monoisotopic (exact) mass is 366 g/mol. The number of aromatic amines is 1. The summed E-state index contributed by atoms with van der Waals surface area (Å²) < 4.78 is 1.81. The summed E-state index contributed by atoms with van der Waals surface area (Å²) in [7, 11) is 0. The number of nitrogens with zero attached hydrogens (tertiary/aromatic N) is 5. The van der Waals surface area contributed by atoms with Gasteiger partial charge in [-0.05, 0) is 42.3 Å². The molecule has 3 aromatic rings. The first kappa shape index (κ1) is 17.3. The minimum atomic E-state index is -0.0614. The Labute approximate surface area is 156 Å². The number of piperidine rings is 1. The first-order chi connectivity index (χ1) is 13.3. The fourth-order valence-corrected chi connectivity index (χ4v) is 3.42. The van der Waals surface area contributed by atoms with Crippen LogP contribution in [0.3, 0.4) is 0 Å². The molecule has 9 nitrogen and oxygen atoms in total. The lowest BCUT2D eigenvalue weighted by Gasteiger charge is -2.23. The van der Waals surface area contributed by atoms with E-state index in [9.17, 15) is 4.79 Å². The summed E-state index contributed by atoms with van der Waals surface area (Å²) in [5.41, 5.74) is 2.95. The molecule has 2 aromatic heterocycles. The first-order valence-corrected chi connectivity index (χ1v) is 9.11. The standard InChI is InChI=1S/C18H22N8O/c27-17(12-26-16(6-8-21-26)15-5-2-7-19-11-15)20-10-13-3-1-4-14(9-13)18-22-24-25-23-18/h1,3-4,6,8-9,15,19H,2,5,7,10-12H2,(H,20,27)(H,22,23,24,25). The van der Waals surface area contributed by atoms with E-state index in [4.69, 9.17) is 0 Å². The SMILES string of the molecule is O=C(Cn1nccc1C1CCCNC1)NCc1cccc(-c2nn[nH]n2)c1. The third kappa shape index (κ3) is 4.20. The second-order valence-electron chi connectivity index (χ2n) is 6.67. The van der Waals surface area contributed by atoms with Crippen molar-refractivity contribution in [3.63, 3.8) is 0 Å². The Balaban J connectivity index is 1.35. The Morgan fingerprint density at radius 1 is 1.33 bits per heavy atom. The quantitative estimate of drug-likeness (QED) is 0.596. The number of benzene rings is 1. The minimum absolute atomic E-state index is 0.0614. The van der Waals surface area contributed by atoms with E-state index in [1.54, 1.807) is 6.20 Å². The lowest BCUT2D eigenvalue weighted by molar-refractivity contribution is -0.122. The first-order valence-electron chi connectivity index (χ1n) is 9.11. The number of tetrazole rings is 1. The molecule has 0 saturated carbocycles. The van der Waals surface area contributed by atoms with Crippen molar-refractivity contribution in [3.8, 4) is 11.4 Å². The van der Waals surface area contributed by atoms with Gasteiger partial charge < -0.3 is 10.6 Å². The van der Waals surface area contributed by atoms with Crippen LogP contribution in [0.15, 0.2) is 36.5 Å². The number of hydrogen-bond donors (Lipinski definition) is 3. The molecule has 1 aliphatic heterocycles. The minimum Gasteiger partial charge on any atom is -0.350 e. The van der Waals surface area contributed by atoms with Crippen molar-refractivity contribution in [2.45, 2.75) is 31.8 Å². The maximum Gasteiger partial charge on any atom is 0.242 e. The third-order valence-corrected chi connectivity index (χ3v) is 4.78. The van der Waals surface area contributed by atoms with Crippen LogP contribution in [0.1, 0.15) is 30.0 Å². The molecule has 140 valence electrons. The number of H-pyrrole nitrogens is 1. The summed E-state index contributed by atoms with van der Waals surface area (Å²) in [6, 6.07) is 9.73. The zero-order valence-corrected chi connectivity index (χ0v) is 14.9. The van der Waals surface area contributed by atoms with E-state index >= 15 is 0 Å². The molecular weight excluding hydrogens is 344 g/mol. The second kappa shape index (κ2) is 8.09. The van der Waals surface area contributed by atoms with Crippen LogP contribution in [-0.4, -0.2) is 49.4 Å². The smallest absolute Gasteiger partial charge is 0.242 e. The number of aromatic nitrogens is 6. The number of hydrogen-bond acceptors (Lipinski definition) is 6. The maximum atomic E-state index is 12.4. The molecular formula is C18H22N8O. The zero-order chi connectivity index (χ0) is 18.5. The molecule has 0 bridgehead atoms. The van der Waals surface area contributed by atoms with Crippen molar-refractivity contribution in [2.75, 3.05) is 13.1 Å². The molecule has 1 aromatic carbocycles. The predicted molar refractivity (Wildman–Crippen MR) is 98.5 cm³/mol. The van der Waals surface area contributed by atoms with Crippen LogP contribution in [0.5, 0.6) is 0 Å². The van der Waals surface area contributed by atoms with E-state index < -0.39 is 0 Å². The molecule has 1 amide bonds. The van der Waals surface area contributed by atoms with Gasteiger partial charge in [-0.15, -0.1) is 10.2 Å². The summed E-state index contributed by atoms with van der Waals surface area (Å²) in [6.45, 7) is 2.67. The van der Waals surface area contributed by atoms with Gasteiger partial charge in [0.15, 0.2) is 0 Å². The number of carbonyl (C=O) groups is 1. The molecule has 1 atom stereocenters. The molecule has 0 spiro atoms. The van der Waals surface area contributed by atoms with E-state index in [-0.39, 0.29) is 12.5 Å². The highest BCUT2D eigenvalue weighted by Gasteiger charge is 2.19. The highest BCUT2D eigenvalue weighted by molar-refractivity contribution is 5.75. The van der Waals surface area contributed by atoms with Crippen LogP contribution in [0.4, 0.5) is 0 Å². The summed E-state index contributed by atoms with van der Waals surface area (Å²) in [5, 5.41) is 24.7. The topological polar surface area (TPSA) is 113 Å². The van der Waals surface area contributed by atoms with Crippen LogP contribution in [-0.2, 0) is 17.9 Å². The van der Waals surface area contributed by atoms with Gasteiger partial charge in [0.05, 0.1) is 0 Å². The average Bonchev–Trinajstić information content (AvgIpc) is 3.39. The van der Waals surface area contributed by atoms with Gasteiger partial charge >= 0.3 is 0 Å². The number of nitrogens with one attached hydrogen (secondary N) is 3. The summed E-state index contributed by atoms with van der Waals surface area (Å²) in [5.74, 6) is 0.889. The van der Waals surface area contributed by atoms with Crippen molar-refractivity contribution in [1.82, 2.24) is 41.0 Å². The summed E-state index contributed by atoms with van der Waals surface area (Å²) in [4.78, 5) is 12.4. The molecule has 3 N–H and O–H groups in total. The van der Waals surface area contributed by atoms with Gasteiger partial charge in [0.2, 0.25) is 11.7 Å². The molecule has 9 heteroatoms. The second-order valence-corrected chi connectivity index (χ2v) is 6.67. The van der Waals surface area contributed by atoms with E-state index in [1.807, 2.05) is 35.0 Å². The molecule has 1 aliphatic rings. The van der Waals surface area contributed by atoms with Crippen LogP contribution in [0.2, 0.25) is 0 Å². The predicted octanol–water partition coefficient (Wildman–Crippen LogP) is 0.847. The van der Waals surface area contributed by atoms with Crippen molar-refractivity contribution in [1.29, 1.82) is 0 Å². The molecule has 1 unspecified atom stereocenters. The Bertz CT molecular complexity index is 882. The van der Waals surface area contributed by atoms with Crippen molar-refractivity contribution in [2.24, 2.45) is 0 Å². The van der Waals surface area contributed by atoms with Gasteiger partial charge in [-0.2, -0.15) is 10.3 Å². The van der Waals surface area contributed by atoms with Gasteiger partial charge in [-0.1, -0.05) is 18.2 Å². The molecule has 0 aliphatic carbocycles. The zero-order valence-electron chi connectivity index (χ0n) is 14.9. The molecule has 1 fully saturated rings. The van der Waals surface area contributed by atoms with Crippen LogP contribution < -0.4 is 10.6 Å². The van der Waals surface area contributed by atoms with Crippen LogP contribution in [0.25, 0.3) is 11.4 Å². The average molecular weight is 366 g/mol. The van der Waals surface area contributed by atoms with E-state index in [0.29, 0.717) is 18.3 Å². The van der Waals surface area contributed by atoms with Crippen LogP contribution in [0, 0.1) is 0 Å². The van der Waals surface area contributed by atoms with Crippen molar-refractivity contribution < 1.29 is 4.79 Å². The van der Waals surface area contributed by atoms with Gasteiger partial charge in [0, 0.05) is 36.5 Å². The van der Waals surface area contributed by atoms with Crippen molar-refractivity contribution >= 4 is 5.91 Å². The fraction of sp³-hybridized carbons (Fsp3) is 0.389. The summed E-state index contributed by atoms with van der Waals surface area (Å²) in [6.07, 6.45) is 4.05. The molecule has 27 heavy (non-hydrogen) atoms. The van der Waals surface area contributed by atoms with E-state index in [0.717, 1.165) is 42.8 Å². The summed E-state index contributed by atoms with van der Waals surface area (Å²) >= 11 is 0. The number of carbonyl (C=O) groups excluding carboxylic acids is 1. The van der Waals surface area contributed by atoms with Crippen LogP contribution >= 0.6 is 0 Å². The Hall–Kier alpha value is -3.07. The largest absolute Gasteiger partial charge is 0.350 e. The highest BCUT2D eigenvalue weighted by atomic mass is 16.2. The van der Waals surface area contributed by atoms with Gasteiger partial charge in [0.1, 0.15) is 6.54 Å². The molecule has 4 rings (SSSR count).